The lowest BCUT2D eigenvalue weighted by Gasteiger charge is -2.10. The molecule has 0 heterocycles. The molecule has 118 valence electrons. The predicted molar refractivity (Wildman–Crippen MR) is 90.0 cm³/mol. The summed E-state index contributed by atoms with van der Waals surface area (Å²) in [6.07, 6.45) is 0.758. The molecule has 1 N–H and O–H groups in total. The molecule has 2 aromatic rings. The summed E-state index contributed by atoms with van der Waals surface area (Å²) in [5.74, 6) is 1.21. The van der Waals surface area contributed by atoms with Gasteiger partial charge in [-0.1, -0.05) is 30.3 Å². The number of para-hydroxylation sites is 1. The Bertz CT molecular complexity index is 688. The van der Waals surface area contributed by atoms with Gasteiger partial charge in [0.15, 0.2) is 0 Å². The molecule has 0 aliphatic carbocycles. The van der Waals surface area contributed by atoms with Gasteiger partial charge in [-0.3, -0.25) is 0 Å². The number of thioether (sulfide) groups is 1. The van der Waals surface area contributed by atoms with Crippen molar-refractivity contribution < 1.29 is 13.2 Å². The van der Waals surface area contributed by atoms with Crippen molar-refractivity contribution in [2.75, 3.05) is 19.4 Å². The van der Waals surface area contributed by atoms with Gasteiger partial charge in [0.1, 0.15) is 10.6 Å². The lowest BCUT2D eigenvalue weighted by atomic mass is 10.3. The third kappa shape index (κ3) is 4.76. The Balaban J connectivity index is 1.83. The van der Waals surface area contributed by atoms with Crippen LogP contribution in [0.1, 0.15) is 6.42 Å². The van der Waals surface area contributed by atoms with Gasteiger partial charge >= 0.3 is 0 Å². The summed E-state index contributed by atoms with van der Waals surface area (Å²) in [5.41, 5.74) is 0. The minimum Gasteiger partial charge on any atom is -0.495 e. The van der Waals surface area contributed by atoms with Crippen molar-refractivity contribution in [2.24, 2.45) is 0 Å². The maximum atomic E-state index is 12.2. The molecule has 4 nitrogen and oxygen atoms in total. The largest absolute Gasteiger partial charge is 0.495 e. The number of hydrogen-bond donors (Lipinski definition) is 1. The van der Waals surface area contributed by atoms with Gasteiger partial charge in [0.05, 0.1) is 7.11 Å². The van der Waals surface area contributed by atoms with E-state index in [1.807, 2.05) is 30.3 Å². The van der Waals surface area contributed by atoms with E-state index in [4.69, 9.17) is 4.74 Å². The molecule has 0 unspecified atom stereocenters. The van der Waals surface area contributed by atoms with Crippen molar-refractivity contribution in [3.05, 3.63) is 54.6 Å². The van der Waals surface area contributed by atoms with E-state index in [0.717, 1.165) is 12.2 Å². The summed E-state index contributed by atoms with van der Waals surface area (Å²) in [7, 11) is -2.07. The van der Waals surface area contributed by atoms with E-state index in [2.05, 4.69) is 4.72 Å². The zero-order valence-electron chi connectivity index (χ0n) is 12.4. The van der Waals surface area contributed by atoms with Crippen LogP contribution >= 0.6 is 11.8 Å². The number of methoxy groups -OCH3 is 1. The van der Waals surface area contributed by atoms with Crippen LogP contribution in [-0.2, 0) is 10.0 Å². The summed E-state index contributed by atoms with van der Waals surface area (Å²) in [5, 5.41) is 0. The summed E-state index contributed by atoms with van der Waals surface area (Å²) in [4.78, 5) is 1.36. The molecule has 2 rings (SSSR count). The summed E-state index contributed by atoms with van der Waals surface area (Å²) in [6, 6.07) is 16.7. The third-order valence-corrected chi connectivity index (χ3v) is 5.58. The molecule has 0 aromatic heterocycles. The van der Waals surface area contributed by atoms with E-state index >= 15 is 0 Å². The molecule has 6 heteroatoms. The van der Waals surface area contributed by atoms with Crippen LogP contribution in [0, 0.1) is 0 Å². The molecule has 22 heavy (non-hydrogen) atoms. The van der Waals surface area contributed by atoms with E-state index in [1.165, 1.54) is 12.0 Å². The number of ether oxygens (including phenoxy) is 1. The number of sulfonamides is 1. The Hall–Kier alpha value is -1.50. The Morgan fingerprint density at radius 2 is 1.73 bits per heavy atom. The van der Waals surface area contributed by atoms with Crippen LogP contribution in [0.25, 0.3) is 0 Å². The highest BCUT2D eigenvalue weighted by molar-refractivity contribution is 7.99. The molecule has 2 aromatic carbocycles. The quantitative estimate of drug-likeness (QED) is 0.594. The molecule has 0 atom stereocenters. The minimum atomic E-state index is -3.53. The topological polar surface area (TPSA) is 55.4 Å². The average molecular weight is 337 g/mol. The van der Waals surface area contributed by atoms with Crippen LogP contribution in [0.4, 0.5) is 0 Å². The third-order valence-electron chi connectivity index (χ3n) is 2.98. The Morgan fingerprint density at radius 1 is 1.05 bits per heavy atom. The number of hydrogen-bond acceptors (Lipinski definition) is 4. The number of benzene rings is 2. The highest BCUT2D eigenvalue weighted by atomic mass is 32.2. The first kappa shape index (κ1) is 16.9. The van der Waals surface area contributed by atoms with Crippen molar-refractivity contribution in [1.82, 2.24) is 4.72 Å². The van der Waals surface area contributed by atoms with Crippen LogP contribution in [0.5, 0.6) is 5.75 Å². The predicted octanol–water partition coefficient (Wildman–Crippen LogP) is 3.16. The maximum Gasteiger partial charge on any atom is 0.244 e. The van der Waals surface area contributed by atoms with Crippen molar-refractivity contribution in [1.29, 1.82) is 0 Å². The molecule has 0 radical (unpaired) electrons. The number of rotatable bonds is 8. The first-order chi connectivity index (χ1) is 10.6. The van der Waals surface area contributed by atoms with Crippen molar-refractivity contribution >= 4 is 21.8 Å². The molecule has 0 bridgehead atoms. The second-order valence-corrected chi connectivity index (χ2v) is 7.47. The summed E-state index contributed by atoms with van der Waals surface area (Å²) in [6.45, 7) is 0.403. The molecular weight excluding hydrogens is 318 g/mol. The van der Waals surface area contributed by atoms with Crippen LogP contribution in [0.2, 0.25) is 0 Å². The van der Waals surface area contributed by atoms with Gasteiger partial charge in [-0.15, -0.1) is 11.8 Å². The molecule has 0 amide bonds. The molecule has 0 fully saturated rings. The van der Waals surface area contributed by atoms with Gasteiger partial charge in [-0.25, -0.2) is 13.1 Å². The van der Waals surface area contributed by atoms with Gasteiger partial charge < -0.3 is 4.74 Å². The summed E-state index contributed by atoms with van der Waals surface area (Å²) >= 11 is 1.71. The second-order valence-electron chi connectivity index (χ2n) is 4.56. The normalized spacial score (nSPS) is 11.3. The monoisotopic (exact) mass is 337 g/mol. The Labute approximate surface area is 135 Å². The highest BCUT2D eigenvalue weighted by Crippen LogP contribution is 2.22. The molecule has 0 aliphatic heterocycles. The first-order valence-electron chi connectivity index (χ1n) is 6.94. The number of nitrogens with one attached hydrogen (secondary N) is 1. The van der Waals surface area contributed by atoms with Crippen LogP contribution < -0.4 is 9.46 Å². The Kier molecular flexibility index (Phi) is 6.30. The van der Waals surface area contributed by atoms with Crippen LogP contribution in [0.3, 0.4) is 0 Å². The smallest absolute Gasteiger partial charge is 0.244 e. The van der Waals surface area contributed by atoms with Crippen molar-refractivity contribution in [3.63, 3.8) is 0 Å². The van der Waals surface area contributed by atoms with Gasteiger partial charge in [0.2, 0.25) is 10.0 Å². The van der Waals surface area contributed by atoms with E-state index in [9.17, 15) is 8.42 Å². The summed E-state index contributed by atoms with van der Waals surface area (Å²) < 4.78 is 32.2. The van der Waals surface area contributed by atoms with Crippen molar-refractivity contribution in [3.8, 4) is 5.75 Å². The van der Waals surface area contributed by atoms with Crippen molar-refractivity contribution in [2.45, 2.75) is 16.2 Å². The van der Waals surface area contributed by atoms with E-state index < -0.39 is 10.0 Å². The highest BCUT2D eigenvalue weighted by Gasteiger charge is 2.17. The van der Waals surface area contributed by atoms with Gasteiger partial charge in [0, 0.05) is 11.4 Å². The minimum absolute atomic E-state index is 0.174. The van der Waals surface area contributed by atoms with E-state index in [-0.39, 0.29) is 4.90 Å². The Morgan fingerprint density at radius 3 is 2.45 bits per heavy atom. The van der Waals surface area contributed by atoms with Gasteiger partial charge in [0.25, 0.3) is 0 Å². The SMILES string of the molecule is COc1ccccc1S(=O)(=O)NCCCSc1ccccc1. The fourth-order valence-electron chi connectivity index (χ4n) is 1.90. The van der Waals surface area contributed by atoms with Gasteiger partial charge in [-0.05, 0) is 36.4 Å². The fraction of sp³-hybridized carbons (Fsp3) is 0.250. The molecular formula is C16H19NO3S2. The molecule has 0 saturated carbocycles. The lowest BCUT2D eigenvalue weighted by molar-refractivity contribution is 0.402. The first-order valence-corrected chi connectivity index (χ1v) is 9.41. The molecule has 0 spiro atoms. The maximum absolute atomic E-state index is 12.2. The molecule has 0 aliphatic rings. The van der Waals surface area contributed by atoms with Crippen LogP contribution in [0.15, 0.2) is 64.4 Å². The lowest BCUT2D eigenvalue weighted by Crippen LogP contribution is -2.25. The van der Waals surface area contributed by atoms with Gasteiger partial charge in [-0.2, -0.15) is 0 Å². The van der Waals surface area contributed by atoms with E-state index in [1.54, 1.807) is 36.0 Å². The standard InChI is InChI=1S/C16H19NO3S2/c1-20-15-10-5-6-11-16(15)22(18,19)17-12-7-13-21-14-8-3-2-4-9-14/h2-6,8-11,17H,7,12-13H2,1H3. The van der Waals surface area contributed by atoms with E-state index in [0.29, 0.717) is 12.3 Å². The molecule has 0 saturated heterocycles. The van der Waals surface area contributed by atoms with Crippen LogP contribution in [-0.4, -0.2) is 27.8 Å². The second kappa shape index (κ2) is 8.22. The zero-order valence-corrected chi connectivity index (χ0v) is 14.0. The average Bonchev–Trinajstić information content (AvgIpc) is 2.55. The zero-order chi connectivity index (χ0) is 15.8. The fourth-order valence-corrected chi connectivity index (χ4v) is 4.02.